The average Bonchev–Trinajstić information content (AvgIpc) is 2.36. The largest absolute Gasteiger partial charge is 0.391 e. The van der Waals surface area contributed by atoms with E-state index in [1.165, 1.54) is 32.1 Å². The van der Waals surface area contributed by atoms with Gasteiger partial charge in [0.1, 0.15) is 0 Å². The van der Waals surface area contributed by atoms with Crippen molar-refractivity contribution in [2.45, 2.75) is 70.9 Å². The van der Waals surface area contributed by atoms with Gasteiger partial charge in [-0.3, -0.25) is 4.79 Å². The second kappa shape index (κ2) is 7.90. The Labute approximate surface area is 111 Å². The molecule has 0 aliphatic heterocycles. The van der Waals surface area contributed by atoms with Crippen LogP contribution >= 0.6 is 0 Å². The van der Waals surface area contributed by atoms with E-state index in [4.69, 9.17) is 5.73 Å². The van der Waals surface area contributed by atoms with E-state index in [1.807, 2.05) is 20.1 Å². The molecule has 0 amide bonds. The molecule has 0 bridgehead atoms. The van der Waals surface area contributed by atoms with Gasteiger partial charge in [0.2, 0.25) is 6.29 Å². The Bertz CT molecular complexity index is 237. The highest BCUT2D eigenvalue weighted by atomic mass is 16.3. The summed E-state index contributed by atoms with van der Waals surface area (Å²) in [6, 6.07) is -0.192. The minimum atomic E-state index is -0.569. The molecule has 3 atom stereocenters. The monoisotopic (exact) mass is 254 g/mol. The second-order valence-corrected chi connectivity index (χ2v) is 6.18. The van der Waals surface area contributed by atoms with Gasteiger partial charge in [-0.1, -0.05) is 46.0 Å². The zero-order chi connectivity index (χ0) is 13.5. The first-order valence-electron chi connectivity index (χ1n) is 7.36. The Morgan fingerprint density at radius 1 is 1.28 bits per heavy atom. The topological polar surface area (TPSA) is 63.3 Å². The van der Waals surface area contributed by atoms with Gasteiger partial charge in [-0.2, -0.15) is 0 Å². The molecule has 3 N–H and O–H groups in total. The molecule has 3 heteroatoms. The summed E-state index contributed by atoms with van der Waals surface area (Å²) < 4.78 is 0. The number of nitrogens with two attached hydrogens (primary N) is 1. The van der Waals surface area contributed by atoms with Crippen molar-refractivity contribution in [1.82, 2.24) is 0 Å². The lowest BCUT2D eigenvalue weighted by Crippen LogP contribution is -2.38. The molecule has 105 valence electrons. The summed E-state index contributed by atoms with van der Waals surface area (Å²) in [7, 11) is 0. The summed E-state index contributed by atoms with van der Waals surface area (Å²) in [5.41, 5.74) is 6.07. The number of aliphatic hydroxyl groups is 1. The Morgan fingerprint density at radius 3 is 2.39 bits per heavy atom. The molecule has 1 aliphatic carbocycles. The van der Waals surface area contributed by atoms with Crippen LogP contribution in [0, 0.1) is 17.8 Å². The van der Waals surface area contributed by atoms with Gasteiger partial charge in [-0.05, 0) is 24.7 Å². The number of hydrogen-bond donors (Lipinski definition) is 2. The van der Waals surface area contributed by atoms with Crippen LogP contribution in [-0.2, 0) is 4.79 Å². The van der Waals surface area contributed by atoms with E-state index in [1.54, 1.807) is 0 Å². The van der Waals surface area contributed by atoms with Crippen LogP contribution in [-0.4, -0.2) is 23.5 Å². The SMILES string of the molecule is CC(C)C([C]=O)CC(O)C(N)CC1CCCCC1. The second-order valence-electron chi connectivity index (χ2n) is 6.18. The molecule has 3 nitrogen and oxygen atoms in total. The van der Waals surface area contributed by atoms with Gasteiger partial charge in [0.15, 0.2) is 0 Å². The van der Waals surface area contributed by atoms with Crippen molar-refractivity contribution >= 4 is 6.29 Å². The minimum Gasteiger partial charge on any atom is -0.391 e. The van der Waals surface area contributed by atoms with Gasteiger partial charge in [0.25, 0.3) is 0 Å². The van der Waals surface area contributed by atoms with Crippen molar-refractivity contribution < 1.29 is 9.90 Å². The lowest BCUT2D eigenvalue weighted by molar-refractivity contribution is 0.103. The predicted octanol–water partition coefficient (Wildman–Crippen LogP) is 2.42. The van der Waals surface area contributed by atoms with Crippen molar-refractivity contribution in [3.05, 3.63) is 0 Å². The van der Waals surface area contributed by atoms with Crippen molar-refractivity contribution in [2.75, 3.05) is 0 Å². The zero-order valence-corrected chi connectivity index (χ0v) is 11.8. The molecule has 1 radical (unpaired) electrons. The summed E-state index contributed by atoms with van der Waals surface area (Å²) >= 11 is 0. The van der Waals surface area contributed by atoms with Gasteiger partial charge in [0.05, 0.1) is 6.10 Å². The van der Waals surface area contributed by atoms with Gasteiger partial charge >= 0.3 is 0 Å². The molecule has 0 saturated heterocycles. The lowest BCUT2D eigenvalue weighted by Gasteiger charge is -2.28. The molecule has 1 aliphatic rings. The number of rotatable bonds is 7. The number of carbonyl (C=O) groups excluding carboxylic acids is 1. The van der Waals surface area contributed by atoms with Crippen LogP contribution in [0.5, 0.6) is 0 Å². The average molecular weight is 254 g/mol. The van der Waals surface area contributed by atoms with E-state index in [0.717, 1.165) is 6.42 Å². The summed E-state index contributed by atoms with van der Waals surface area (Å²) in [6.45, 7) is 3.96. The van der Waals surface area contributed by atoms with Crippen molar-refractivity contribution in [1.29, 1.82) is 0 Å². The first-order valence-corrected chi connectivity index (χ1v) is 7.36. The maximum Gasteiger partial charge on any atom is 0.202 e. The first kappa shape index (κ1) is 15.6. The molecule has 18 heavy (non-hydrogen) atoms. The van der Waals surface area contributed by atoms with Crippen LogP contribution in [0.2, 0.25) is 0 Å². The Hall–Kier alpha value is -0.410. The molecule has 1 fully saturated rings. The quantitative estimate of drug-likeness (QED) is 0.733. The number of hydrogen-bond acceptors (Lipinski definition) is 3. The third kappa shape index (κ3) is 5.07. The zero-order valence-electron chi connectivity index (χ0n) is 11.8. The minimum absolute atomic E-state index is 0.192. The smallest absolute Gasteiger partial charge is 0.202 e. The molecule has 1 saturated carbocycles. The van der Waals surface area contributed by atoms with E-state index in [9.17, 15) is 9.90 Å². The van der Waals surface area contributed by atoms with Gasteiger partial charge in [-0.15, -0.1) is 0 Å². The van der Waals surface area contributed by atoms with Crippen LogP contribution in [0.1, 0.15) is 58.8 Å². The fourth-order valence-corrected chi connectivity index (χ4v) is 2.86. The summed E-state index contributed by atoms with van der Waals surface area (Å²) in [5.74, 6) is 0.692. The highest BCUT2D eigenvalue weighted by Crippen LogP contribution is 2.28. The predicted molar refractivity (Wildman–Crippen MR) is 73.8 cm³/mol. The van der Waals surface area contributed by atoms with Crippen molar-refractivity contribution in [3.63, 3.8) is 0 Å². The molecule has 1 rings (SSSR count). The van der Waals surface area contributed by atoms with E-state index >= 15 is 0 Å². The summed E-state index contributed by atoms with van der Waals surface area (Å²) in [6.07, 6.45) is 9.22. The van der Waals surface area contributed by atoms with Crippen LogP contribution in [0.15, 0.2) is 0 Å². The maximum absolute atomic E-state index is 10.8. The molecule has 3 unspecified atom stereocenters. The van der Waals surface area contributed by atoms with Crippen LogP contribution in [0.4, 0.5) is 0 Å². The molecule has 0 spiro atoms. The Balaban J connectivity index is 2.35. The molecular weight excluding hydrogens is 226 g/mol. The summed E-state index contributed by atoms with van der Waals surface area (Å²) in [5, 5.41) is 10.1. The van der Waals surface area contributed by atoms with Crippen LogP contribution in [0.25, 0.3) is 0 Å². The van der Waals surface area contributed by atoms with Crippen molar-refractivity contribution in [2.24, 2.45) is 23.5 Å². The third-order valence-electron chi connectivity index (χ3n) is 4.28. The Morgan fingerprint density at radius 2 is 1.89 bits per heavy atom. The Kier molecular flexibility index (Phi) is 6.87. The van der Waals surface area contributed by atoms with E-state index < -0.39 is 6.10 Å². The summed E-state index contributed by atoms with van der Waals surface area (Å²) in [4.78, 5) is 10.8. The van der Waals surface area contributed by atoms with Crippen LogP contribution in [0.3, 0.4) is 0 Å². The highest BCUT2D eigenvalue weighted by Gasteiger charge is 2.25. The lowest BCUT2D eigenvalue weighted by atomic mass is 9.82. The molecule has 0 aromatic carbocycles. The molecule has 0 heterocycles. The number of aliphatic hydroxyl groups excluding tert-OH is 1. The fraction of sp³-hybridized carbons (Fsp3) is 0.933. The fourth-order valence-electron chi connectivity index (χ4n) is 2.86. The standard InChI is InChI=1S/C15H28NO2/c1-11(2)13(10-17)9-15(18)14(16)8-12-6-4-3-5-7-12/h11-15,18H,3-9,16H2,1-2H3. The highest BCUT2D eigenvalue weighted by molar-refractivity contribution is 5.54. The van der Waals surface area contributed by atoms with Gasteiger partial charge < -0.3 is 10.8 Å². The third-order valence-corrected chi connectivity index (χ3v) is 4.28. The first-order chi connectivity index (χ1) is 8.54. The van der Waals surface area contributed by atoms with Crippen LogP contribution < -0.4 is 5.73 Å². The maximum atomic E-state index is 10.8. The van der Waals surface area contributed by atoms with E-state index in [-0.39, 0.29) is 17.9 Å². The van der Waals surface area contributed by atoms with Gasteiger partial charge in [-0.25, -0.2) is 0 Å². The normalized spacial score (nSPS) is 22.7. The van der Waals surface area contributed by atoms with Gasteiger partial charge in [0, 0.05) is 12.0 Å². The molecular formula is C15H28NO2. The van der Waals surface area contributed by atoms with E-state index in [0.29, 0.717) is 12.3 Å². The van der Waals surface area contributed by atoms with Crippen molar-refractivity contribution in [3.8, 4) is 0 Å². The molecule has 0 aromatic rings. The molecule has 0 aromatic heterocycles. The van der Waals surface area contributed by atoms with E-state index in [2.05, 4.69) is 0 Å².